The lowest BCUT2D eigenvalue weighted by Crippen LogP contribution is -2.46. The van der Waals surface area contributed by atoms with Crippen molar-refractivity contribution in [2.75, 3.05) is 6.61 Å². The van der Waals surface area contributed by atoms with Gasteiger partial charge in [0, 0.05) is 17.4 Å². The average Bonchev–Trinajstić information content (AvgIpc) is 3.00. The highest BCUT2D eigenvalue weighted by Crippen LogP contribution is 2.50. The van der Waals surface area contributed by atoms with Gasteiger partial charge in [-0.15, -0.1) is 0 Å². The maximum Gasteiger partial charge on any atom is 0.343 e. The molecule has 162 valence electrons. The minimum atomic E-state index is -1.65. The molecule has 0 aromatic heterocycles. The van der Waals surface area contributed by atoms with Gasteiger partial charge in [-0.05, 0) is 37.5 Å². The zero-order valence-electron chi connectivity index (χ0n) is 17.8. The van der Waals surface area contributed by atoms with Crippen molar-refractivity contribution >= 4 is 29.1 Å². The van der Waals surface area contributed by atoms with E-state index >= 15 is 0 Å². The molecular weight excluding hydrogens is 408 g/mol. The first-order chi connectivity index (χ1) is 14.0. The Labute approximate surface area is 181 Å². The number of ketones is 2. The second-order valence-corrected chi connectivity index (χ2v) is 8.74. The standard InChI is InChI=1S/C23H27ClO6/c1-6-11(2)7-8-14-9-15-16(10-29-14)18-17(20(26)12(3)13(4)25)22(28)30-23(18,5)21(27)19(15)24/h7-9,11-13,16,25H,6,10H2,1-5H3/b8-7+/t11-,12-,13-,16?,23-/m0/s1. The predicted octanol–water partition coefficient (Wildman–Crippen LogP) is 3.39. The summed E-state index contributed by atoms with van der Waals surface area (Å²) in [5.74, 6) is -2.44. The lowest BCUT2D eigenvalue weighted by Gasteiger charge is -2.37. The van der Waals surface area contributed by atoms with Crippen molar-refractivity contribution in [2.24, 2.45) is 17.8 Å². The van der Waals surface area contributed by atoms with Gasteiger partial charge in [0.1, 0.15) is 11.3 Å². The summed E-state index contributed by atoms with van der Waals surface area (Å²) >= 11 is 6.41. The zero-order chi connectivity index (χ0) is 22.4. The molecule has 0 fully saturated rings. The number of hydrogen-bond donors (Lipinski definition) is 1. The van der Waals surface area contributed by atoms with E-state index in [1.165, 1.54) is 20.8 Å². The molecule has 0 saturated carbocycles. The summed E-state index contributed by atoms with van der Waals surface area (Å²) in [6, 6.07) is 0. The van der Waals surface area contributed by atoms with Gasteiger partial charge >= 0.3 is 5.97 Å². The van der Waals surface area contributed by atoms with Gasteiger partial charge in [-0.3, -0.25) is 9.59 Å². The molecule has 7 heteroatoms. The highest BCUT2D eigenvalue weighted by Gasteiger charge is 2.58. The van der Waals surface area contributed by atoms with Crippen LogP contribution in [0.25, 0.3) is 0 Å². The van der Waals surface area contributed by atoms with E-state index < -0.39 is 41.1 Å². The fourth-order valence-corrected chi connectivity index (χ4v) is 4.21. The molecule has 2 aliphatic heterocycles. The summed E-state index contributed by atoms with van der Waals surface area (Å²) in [7, 11) is 0. The van der Waals surface area contributed by atoms with E-state index in [4.69, 9.17) is 21.1 Å². The predicted molar refractivity (Wildman–Crippen MR) is 111 cm³/mol. The molecule has 0 saturated heterocycles. The van der Waals surface area contributed by atoms with Gasteiger partial charge in [-0.25, -0.2) is 4.79 Å². The molecule has 1 unspecified atom stereocenters. The van der Waals surface area contributed by atoms with Gasteiger partial charge in [0.2, 0.25) is 5.78 Å². The largest absolute Gasteiger partial charge is 0.493 e. The number of allylic oxidation sites excluding steroid dienone is 3. The summed E-state index contributed by atoms with van der Waals surface area (Å²) in [5, 5.41) is 9.83. The maximum atomic E-state index is 13.1. The molecule has 5 atom stereocenters. The lowest BCUT2D eigenvalue weighted by molar-refractivity contribution is -0.154. The number of esters is 1. The highest BCUT2D eigenvalue weighted by atomic mass is 35.5. The van der Waals surface area contributed by atoms with Crippen LogP contribution in [0.5, 0.6) is 0 Å². The molecule has 30 heavy (non-hydrogen) atoms. The minimum Gasteiger partial charge on any atom is -0.493 e. The van der Waals surface area contributed by atoms with Crippen molar-refractivity contribution in [3.8, 4) is 0 Å². The van der Waals surface area contributed by atoms with E-state index in [0.717, 1.165) is 6.42 Å². The molecule has 0 aromatic carbocycles. The van der Waals surface area contributed by atoms with Crippen molar-refractivity contribution in [2.45, 2.75) is 52.7 Å². The van der Waals surface area contributed by atoms with Crippen LogP contribution in [-0.2, 0) is 23.9 Å². The summed E-state index contributed by atoms with van der Waals surface area (Å²) in [5.41, 5.74) is -1.04. The molecule has 0 bridgehead atoms. The molecule has 0 aromatic rings. The van der Waals surface area contributed by atoms with Crippen LogP contribution in [0, 0.1) is 17.8 Å². The van der Waals surface area contributed by atoms with Crippen LogP contribution < -0.4 is 0 Å². The summed E-state index contributed by atoms with van der Waals surface area (Å²) < 4.78 is 11.3. The Hall–Kier alpha value is -2.18. The molecular formula is C23H27ClO6. The number of fused-ring (bicyclic) bond motifs is 3. The average molecular weight is 435 g/mol. The Kier molecular flexibility index (Phi) is 6.12. The first kappa shape index (κ1) is 22.5. The molecule has 0 spiro atoms. The third kappa shape index (κ3) is 3.56. The van der Waals surface area contributed by atoms with Gasteiger partial charge in [0.25, 0.3) is 0 Å². The Bertz CT molecular complexity index is 922. The number of Topliss-reactive ketones (excluding diaryl/α,β-unsaturated/α-hetero) is 2. The number of halogens is 1. The quantitative estimate of drug-likeness (QED) is 0.509. The van der Waals surface area contributed by atoms with Crippen LogP contribution in [0.4, 0.5) is 0 Å². The molecule has 6 nitrogen and oxygen atoms in total. The van der Waals surface area contributed by atoms with Crippen molar-refractivity contribution in [3.05, 3.63) is 45.7 Å². The number of carbonyl (C=O) groups excluding carboxylic acids is 3. The Morgan fingerprint density at radius 1 is 1.37 bits per heavy atom. The molecule has 1 aliphatic carbocycles. The van der Waals surface area contributed by atoms with Gasteiger partial charge in [0.05, 0.1) is 17.7 Å². The van der Waals surface area contributed by atoms with Crippen molar-refractivity contribution in [1.29, 1.82) is 0 Å². The Balaban J connectivity index is 2.12. The molecule has 3 rings (SSSR count). The second-order valence-electron chi connectivity index (χ2n) is 8.36. The summed E-state index contributed by atoms with van der Waals surface area (Å²) in [6.07, 6.45) is 5.56. The van der Waals surface area contributed by atoms with Crippen molar-refractivity contribution in [1.82, 2.24) is 0 Å². The molecule has 1 N–H and O–H groups in total. The monoisotopic (exact) mass is 434 g/mol. The maximum absolute atomic E-state index is 13.1. The van der Waals surface area contributed by atoms with Gasteiger partial charge in [-0.2, -0.15) is 0 Å². The van der Waals surface area contributed by atoms with Crippen LogP contribution in [0.15, 0.2) is 45.7 Å². The van der Waals surface area contributed by atoms with Crippen LogP contribution >= 0.6 is 11.6 Å². The lowest BCUT2D eigenvalue weighted by atomic mass is 9.71. The smallest absolute Gasteiger partial charge is 0.343 e. The van der Waals surface area contributed by atoms with E-state index in [-0.39, 0.29) is 22.8 Å². The number of aliphatic hydroxyl groups is 1. The Morgan fingerprint density at radius 3 is 2.63 bits per heavy atom. The van der Waals surface area contributed by atoms with E-state index in [1.807, 2.05) is 12.2 Å². The fourth-order valence-electron chi connectivity index (χ4n) is 3.85. The van der Waals surface area contributed by atoms with Crippen LogP contribution in [0.3, 0.4) is 0 Å². The molecule has 0 amide bonds. The van der Waals surface area contributed by atoms with E-state index in [9.17, 15) is 19.5 Å². The van der Waals surface area contributed by atoms with E-state index in [0.29, 0.717) is 17.3 Å². The number of aliphatic hydroxyl groups excluding tert-OH is 1. The molecule has 3 aliphatic rings. The second kappa shape index (κ2) is 8.16. The van der Waals surface area contributed by atoms with Gasteiger partial charge in [0.15, 0.2) is 11.4 Å². The summed E-state index contributed by atoms with van der Waals surface area (Å²) in [6.45, 7) is 8.75. The van der Waals surface area contributed by atoms with Crippen LogP contribution in [-0.4, -0.2) is 41.0 Å². The number of ether oxygens (including phenoxy) is 2. The van der Waals surface area contributed by atoms with Crippen LogP contribution in [0.1, 0.15) is 41.0 Å². The minimum absolute atomic E-state index is 0.0194. The topological polar surface area (TPSA) is 89.9 Å². The Morgan fingerprint density at radius 2 is 2.03 bits per heavy atom. The van der Waals surface area contributed by atoms with Gasteiger partial charge < -0.3 is 14.6 Å². The first-order valence-electron chi connectivity index (χ1n) is 10.2. The molecule has 2 heterocycles. The SMILES string of the molecule is CC[C@H](C)/C=C/C1=CC2=C(Cl)C(=O)[C@@]3(C)OC(=O)C(C(=O)[C@@H](C)[C@H](C)O)=C3C2CO1. The van der Waals surface area contributed by atoms with Crippen molar-refractivity contribution < 1.29 is 29.0 Å². The fraction of sp³-hybridized carbons (Fsp3) is 0.522. The number of carbonyl (C=O) groups is 3. The highest BCUT2D eigenvalue weighted by molar-refractivity contribution is 6.45. The summed E-state index contributed by atoms with van der Waals surface area (Å²) in [4.78, 5) is 38.7. The van der Waals surface area contributed by atoms with Crippen LogP contribution in [0.2, 0.25) is 0 Å². The third-order valence-corrected chi connectivity index (χ3v) is 6.62. The first-order valence-corrected chi connectivity index (χ1v) is 10.6. The third-order valence-electron chi connectivity index (χ3n) is 6.23. The number of rotatable bonds is 6. The number of hydrogen-bond acceptors (Lipinski definition) is 6. The van der Waals surface area contributed by atoms with E-state index in [1.54, 1.807) is 6.08 Å². The zero-order valence-corrected chi connectivity index (χ0v) is 18.6. The van der Waals surface area contributed by atoms with Crippen molar-refractivity contribution in [3.63, 3.8) is 0 Å². The van der Waals surface area contributed by atoms with Gasteiger partial charge in [-0.1, -0.05) is 44.9 Å². The normalized spacial score (nSPS) is 29.2. The van der Waals surface area contributed by atoms with E-state index in [2.05, 4.69) is 13.8 Å². The molecule has 0 radical (unpaired) electrons.